The van der Waals surface area contributed by atoms with Gasteiger partial charge in [0.2, 0.25) is 0 Å². The van der Waals surface area contributed by atoms with Gasteiger partial charge in [0.25, 0.3) is 0 Å². The van der Waals surface area contributed by atoms with Crippen molar-refractivity contribution in [2.45, 2.75) is 31.0 Å². The van der Waals surface area contributed by atoms with E-state index >= 15 is 0 Å². The van der Waals surface area contributed by atoms with Gasteiger partial charge < -0.3 is 0 Å². The molecule has 1 aromatic heterocycles. The van der Waals surface area contributed by atoms with Gasteiger partial charge in [-0.3, -0.25) is 0 Å². The van der Waals surface area contributed by atoms with Crippen molar-refractivity contribution in [3.8, 4) is 0 Å². The molecule has 0 aliphatic heterocycles. The molecule has 1 heterocycles. The summed E-state index contributed by atoms with van der Waals surface area (Å²) in [7, 11) is 3.65. The molecule has 0 aliphatic carbocycles. The summed E-state index contributed by atoms with van der Waals surface area (Å²) in [6.07, 6.45) is 1.84. The van der Waals surface area contributed by atoms with E-state index in [0.717, 1.165) is 10.9 Å². The van der Waals surface area contributed by atoms with Crippen LogP contribution < -0.4 is 0 Å². The van der Waals surface area contributed by atoms with Crippen LogP contribution >= 0.6 is 21.6 Å². The van der Waals surface area contributed by atoms with Crippen molar-refractivity contribution < 1.29 is 0 Å². The highest BCUT2D eigenvalue weighted by atomic mass is 33.1. The van der Waals surface area contributed by atoms with Crippen molar-refractivity contribution in [3.63, 3.8) is 0 Å². The molecule has 3 heteroatoms. The van der Waals surface area contributed by atoms with Gasteiger partial charge in [-0.1, -0.05) is 37.6 Å². The molecule has 1 rings (SSSR count). The molecule has 1 nitrogen and oxygen atoms in total. The minimum atomic E-state index is 0.673. The molecule has 0 radical (unpaired) electrons. The van der Waals surface area contributed by atoms with E-state index < -0.39 is 0 Å². The lowest BCUT2D eigenvalue weighted by Gasteiger charge is -2.12. The fourth-order valence-electron chi connectivity index (χ4n) is 0.633. The summed E-state index contributed by atoms with van der Waals surface area (Å²) in [5.74, 6) is 0.723. The van der Waals surface area contributed by atoms with Gasteiger partial charge >= 0.3 is 0 Å². The number of aromatic nitrogens is 1. The van der Waals surface area contributed by atoms with Crippen LogP contribution in [0.5, 0.6) is 0 Å². The molecule has 72 valence electrons. The summed E-state index contributed by atoms with van der Waals surface area (Å²) >= 11 is 0. The molecule has 0 N–H and O–H groups in total. The quantitative estimate of drug-likeness (QED) is 0.705. The second-order valence-electron chi connectivity index (χ2n) is 3.30. The van der Waals surface area contributed by atoms with Gasteiger partial charge in [0.1, 0.15) is 5.03 Å². The lowest BCUT2D eigenvalue weighted by atomic mass is 10.2. The first kappa shape index (κ1) is 10.9. The third-order valence-corrected chi connectivity index (χ3v) is 4.93. The van der Waals surface area contributed by atoms with Gasteiger partial charge in [-0.2, -0.15) is 0 Å². The standard InChI is InChI=1S/C10H15NS2/c1-8(2)9(3)12-13-10-6-4-5-7-11-10/h4-9H,1-3H3/t9-/m1/s1. The molecule has 0 amide bonds. The van der Waals surface area contributed by atoms with Gasteiger partial charge in [-0.05, 0) is 28.8 Å². The van der Waals surface area contributed by atoms with E-state index in [1.165, 1.54) is 0 Å². The zero-order valence-electron chi connectivity index (χ0n) is 8.23. The number of hydrogen-bond donors (Lipinski definition) is 0. The molecule has 0 unspecified atom stereocenters. The second kappa shape index (κ2) is 5.55. The second-order valence-corrected chi connectivity index (χ2v) is 5.89. The molecule has 0 saturated heterocycles. The minimum absolute atomic E-state index is 0.673. The number of rotatable bonds is 4. The maximum Gasteiger partial charge on any atom is 0.106 e. The third-order valence-electron chi connectivity index (χ3n) is 1.86. The highest BCUT2D eigenvalue weighted by Gasteiger charge is 2.08. The van der Waals surface area contributed by atoms with E-state index in [1.54, 1.807) is 10.8 Å². The van der Waals surface area contributed by atoms with E-state index in [0.29, 0.717) is 5.25 Å². The van der Waals surface area contributed by atoms with Crippen molar-refractivity contribution in [2.75, 3.05) is 0 Å². The zero-order valence-corrected chi connectivity index (χ0v) is 9.86. The summed E-state index contributed by atoms with van der Waals surface area (Å²) in [5.41, 5.74) is 0. The maximum atomic E-state index is 4.25. The predicted octanol–water partition coefficient (Wildman–Crippen LogP) is 3.87. The Bertz CT molecular complexity index is 236. The molecule has 0 aromatic carbocycles. The molecule has 1 atom stereocenters. The molecule has 0 aliphatic rings. The maximum absolute atomic E-state index is 4.25. The monoisotopic (exact) mass is 213 g/mol. The number of nitrogens with zero attached hydrogens (tertiary/aromatic N) is 1. The molecule has 0 bridgehead atoms. The van der Waals surface area contributed by atoms with Crippen LogP contribution in [0.4, 0.5) is 0 Å². The fourth-order valence-corrected chi connectivity index (χ4v) is 3.06. The Morgan fingerprint density at radius 1 is 1.23 bits per heavy atom. The summed E-state index contributed by atoms with van der Waals surface area (Å²) in [6.45, 7) is 6.75. The Hall–Kier alpha value is -0.150. The van der Waals surface area contributed by atoms with Gasteiger partial charge in [0.05, 0.1) is 0 Å². The van der Waals surface area contributed by atoms with Crippen molar-refractivity contribution >= 4 is 21.6 Å². The Morgan fingerprint density at radius 2 is 2.00 bits per heavy atom. The minimum Gasteiger partial charge on any atom is -0.249 e. The van der Waals surface area contributed by atoms with Crippen LogP contribution in [-0.2, 0) is 0 Å². The summed E-state index contributed by atoms with van der Waals surface area (Å²) in [5, 5.41) is 1.77. The van der Waals surface area contributed by atoms with E-state index in [9.17, 15) is 0 Å². The molecular formula is C10H15NS2. The van der Waals surface area contributed by atoms with Gasteiger partial charge in [-0.15, -0.1) is 0 Å². The molecule has 0 fully saturated rings. The van der Waals surface area contributed by atoms with Gasteiger partial charge in [0, 0.05) is 11.4 Å². The molecule has 0 saturated carbocycles. The van der Waals surface area contributed by atoms with Crippen LogP contribution in [0.1, 0.15) is 20.8 Å². The van der Waals surface area contributed by atoms with E-state index in [2.05, 4.69) is 25.8 Å². The average Bonchev–Trinajstić information content (AvgIpc) is 2.15. The van der Waals surface area contributed by atoms with Crippen LogP contribution in [0.2, 0.25) is 0 Å². The van der Waals surface area contributed by atoms with Crippen LogP contribution in [0, 0.1) is 5.92 Å². The third kappa shape index (κ3) is 4.05. The average molecular weight is 213 g/mol. The van der Waals surface area contributed by atoms with Crippen molar-refractivity contribution in [3.05, 3.63) is 24.4 Å². The highest BCUT2D eigenvalue weighted by Crippen LogP contribution is 2.35. The summed E-state index contributed by atoms with van der Waals surface area (Å²) in [4.78, 5) is 4.25. The SMILES string of the molecule is CC(C)[C@@H](C)SSc1ccccn1. The lowest BCUT2D eigenvalue weighted by Crippen LogP contribution is -2.03. The van der Waals surface area contributed by atoms with Crippen LogP contribution in [0.25, 0.3) is 0 Å². The largest absolute Gasteiger partial charge is 0.249 e. The Morgan fingerprint density at radius 3 is 2.54 bits per heavy atom. The highest BCUT2D eigenvalue weighted by molar-refractivity contribution is 8.76. The van der Waals surface area contributed by atoms with Gasteiger partial charge in [0.15, 0.2) is 0 Å². The molecule has 13 heavy (non-hydrogen) atoms. The summed E-state index contributed by atoms with van der Waals surface area (Å²) < 4.78 is 0. The first-order valence-corrected chi connectivity index (χ1v) is 6.66. The van der Waals surface area contributed by atoms with E-state index in [1.807, 2.05) is 35.2 Å². The zero-order chi connectivity index (χ0) is 9.68. The topological polar surface area (TPSA) is 12.9 Å². The molecule has 1 aromatic rings. The smallest absolute Gasteiger partial charge is 0.106 e. The van der Waals surface area contributed by atoms with Crippen LogP contribution in [0.3, 0.4) is 0 Å². The van der Waals surface area contributed by atoms with Crippen molar-refractivity contribution in [2.24, 2.45) is 5.92 Å². The normalized spacial score (nSPS) is 13.2. The van der Waals surface area contributed by atoms with Crippen LogP contribution in [0.15, 0.2) is 29.4 Å². The Labute approximate surface area is 88.1 Å². The first-order chi connectivity index (χ1) is 6.20. The van der Waals surface area contributed by atoms with Crippen molar-refractivity contribution in [1.82, 2.24) is 4.98 Å². The van der Waals surface area contributed by atoms with E-state index in [4.69, 9.17) is 0 Å². The molecular weight excluding hydrogens is 198 g/mol. The van der Waals surface area contributed by atoms with Crippen LogP contribution in [-0.4, -0.2) is 10.2 Å². The predicted molar refractivity (Wildman–Crippen MR) is 62.0 cm³/mol. The fraction of sp³-hybridized carbons (Fsp3) is 0.500. The Balaban J connectivity index is 2.35. The lowest BCUT2D eigenvalue weighted by molar-refractivity contribution is 0.645. The van der Waals surface area contributed by atoms with Crippen molar-refractivity contribution in [1.29, 1.82) is 0 Å². The number of hydrogen-bond acceptors (Lipinski definition) is 3. The van der Waals surface area contributed by atoms with Gasteiger partial charge in [-0.25, -0.2) is 4.98 Å². The molecule has 0 spiro atoms. The summed E-state index contributed by atoms with van der Waals surface area (Å²) in [6, 6.07) is 6.02. The number of pyridine rings is 1. The first-order valence-electron chi connectivity index (χ1n) is 4.44. The Kier molecular flexibility index (Phi) is 4.67. The van der Waals surface area contributed by atoms with E-state index in [-0.39, 0.29) is 0 Å².